The summed E-state index contributed by atoms with van der Waals surface area (Å²) >= 11 is 0. The van der Waals surface area contributed by atoms with E-state index < -0.39 is 0 Å². The number of anilines is 1. The number of fused-ring (bicyclic) bond motifs is 2. The molecule has 2 aromatic rings. The van der Waals surface area contributed by atoms with Gasteiger partial charge in [0, 0.05) is 6.54 Å². The minimum atomic E-state index is 0.584. The van der Waals surface area contributed by atoms with Crippen LogP contribution < -0.4 is 5.73 Å². The van der Waals surface area contributed by atoms with Crippen molar-refractivity contribution in [1.29, 1.82) is 0 Å². The van der Waals surface area contributed by atoms with Crippen LogP contribution in [-0.4, -0.2) is 9.55 Å². The molecule has 0 atom stereocenters. The molecule has 0 saturated heterocycles. The maximum Gasteiger partial charge on any atom is 0.201 e. The summed E-state index contributed by atoms with van der Waals surface area (Å²) in [5, 5.41) is 0. The number of aromatic nitrogens is 2. The molecule has 1 aliphatic rings. The van der Waals surface area contributed by atoms with Gasteiger partial charge in [0.15, 0.2) is 0 Å². The van der Waals surface area contributed by atoms with E-state index in [1.807, 2.05) is 0 Å². The Morgan fingerprint density at radius 3 is 2.56 bits per heavy atom. The summed E-state index contributed by atoms with van der Waals surface area (Å²) in [5.74, 6) is 1.24. The van der Waals surface area contributed by atoms with Crippen molar-refractivity contribution in [2.24, 2.45) is 5.92 Å². The fourth-order valence-electron chi connectivity index (χ4n) is 2.93. The maximum atomic E-state index is 6.05. The largest absolute Gasteiger partial charge is 0.369 e. The first-order valence-electron chi connectivity index (χ1n) is 6.92. The van der Waals surface area contributed by atoms with Crippen LogP contribution in [0.1, 0.15) is 37.8 Å². The lowest BCUT2D eigenvalue weighted by Gasteiger charge is -2.16. The third-order valence-electron chi connectivity index (χ3n) is 3.79. The van der Waals surface area contributed by atoms with Crippen LogP contribution in [0.4, 0.5) is 5.95 Å². The van der Waals surface area contributed by atoms with E-state index in [4.69, 9.17) is 5.73 Å². The first kappa shape index (κ1) is 11.6. The van der Waals surface area contributed by atoms with Gasteiger partial charge in [0.1, 0.15) is 0 Å². The smallest absolute Gasteiger partial charge is 0.201 e. The summed E-state index contributed by atoms with van der Waals surface area (Å²) in [4.78, 5) is 4.52. The summed E-state index contributed by atoms with van der Waals surface area (Å²) in [6, 6.07) is 4.56. The molecule has 0 unspecified atom stereocenters. The van der Waals surface area contributed by atoms with E-state index in [1.54, 1.807) is 0 Å². The number of benzene rings is 1. The van der Waals surface area contributed by atoms with Gasteiger partial charge in [0.2, 0.25) is 5.95 Å². The zero-order valence-corrected chi connectivity index (χ0v) is 11.2. The predicted octanol–water partition coefficient (Wildman–Crippen LogP) is 3.15. The fourth-order valence-corrected chi connectivity index (χ4v) is 2.93. The van der Waals surface area contributed by atoms with Gasteiger partial charge in [-0.3, -0.25) is 0 Å². The van der Waals surface area contributed by atoms with E-state index in [0.29, 0.717) is 11.9 Å². The normalized spacial score (nSPS) is 15.3. The highest BCUT2D eigenvalue weighted by Crippen LogP contribution is 2.28. The summed E-state index contributed by atoms with van der Waals surface area (Å²) < 4.78 is 2.16. The van der Waals surface area contributed by atoms with Gasteiger partial charge in [-0.15, -0.1) is 0 Å². The molecule has 0 fully saturated rings. The van der Waals surface area contributed by atoms with E-state index in [2.05, 4.69) is 35.5 Å². The second kappa shape index (κ2) is 4.30. The number of nitrogen functional groups attached to an aromatic ring is 1. The minimum absolute atomic E-state index is 0.584. The molecule has 1 aromatic carbocycles. The summed E-state index contributed by atoms with van der Waals surface area (Å²) in [7, 11) is 0. The quantitative estimate of drug-likeness (QED) is 0.880. The van der Waals surface area contributed by atoms with Gasteiger partial charge >= 0.3 is 0 Å². The second-order valence-corrected chi connectivity index (χ2v) is 5.79. The van der Waals surface area contributed by atoms with Gasteiger partial charge in [-0.2, -0.15) is 0 Å². The van der Waals surface area contributed by atoms with E-state index >= 15 is 0 Å². The molecule has 0 saturated carbocycles. The van der Waals surface area contributed by atoms with Crippen molar-refractivity contribution in [3.05, 3.63) is 23.3 Å². The highest BCUT2D eigenvalue weighted by atomic mass is 15.1. The molecule has 3 rings (SSSR count). The van der Waals surface area contributed by atoms with Gasteiger partial charge in [0.25, 0.3) is 0 Å². The fraction of sp³-hybridized carbons (Fsp3) is 0.533. The van der Waals surface area contributed by atoms with Crippen molar-refractivity contribution in [3.8, 4) is 0 Å². The molecule has 0 bridgehead atoms. The molecular formula is C15H21N3. The van der Waals surface area contributed by atoms with Crippen molar-refractivity contribution in [2.75, 3.05) is 5.73 Å². The molecule has 2 N–H and O–H groups in total. The van der Waals surface area contributed by atoms with Gasteiger partial charge in [-0.25, -0.2) is 4.98 Å². The average molecular weight is 243 g/mol. The van der Waals surface area contributed by atoms with E-state index in [0.717, 1.165) is 12.1 Å². The number of aryl methyl sites for hydroxylation is 2. The van der Waals surface area contributed by atoms with Crippen molar-refractivity contribution >= 4 is 17.0 Å². The van der Waals surface area contributed by atoms with Crippen LogP contribution in [0.15, 0.2) is 12.1 Å². The maximum absolute atomic E-state index is 6.05. The highest BCUT2D eigenvalue weighted by molar-refractivity contribution is 5.80. The van der Waals surface area contributed by atoms with Crippen molar-refractivity contribution in [3.63, 3.8) is 0 Å². The SMILES string of the molecule is CC(C)Cn1c(N)nc2cc3c(cc21)CCCC3. The number of hydrogen-bond acceptors (Lipinski definition) is 2. The monoisotopic (exact) mass is 243 g/mol. The molecule has 0 aliphatic heterocycles. The Bertz CT molecular complexity index is 581. The molecule has 18 heavy (non-hydrogen) atoms. The van der Waals surface area contributed by atoms with Gasteiger partial charge in [0.05, 0.1) is 11.0 Å². The number of nitrogens with two attached hydrogens (primary N) is 1. The van der Waals surface area contributed by atoms with Crippen molar-refractivity contribution < 1.29 is 0 Å². The van der Waals surface area contributed by atoms with E-state index in [1.165, 1.54) is 42.3 Å². The lowest BCUT2D eigenvalue weighted by molar-refractivity contribution is 0.537. The minimum Gasteiger partial charge on any atom is -0.369 e. The Balaban J connectivity index is 2.15. The average Bonchev–Trinajstić information content (AvgIpc) is 2.62. The van der Waals surface area contributed by atoms with E-state index in [-0.39, 0.29) is 0 Å². The van der Waals surface area contributed by atoms with Gasteiger partial charge in [-0.05, 0) is 54.9 Å². The predicted molar refractivity (Wildman–Crippen MR) is 75.6 cm³/mol. The number of rotatable bonds is 2. The standard InChI is InChI=1S/C15H21N3/c1-10(2)9-18-14-8-12-6-4-3-5-11(12)7-13(14)17-15(18)16/h7-8,10H,3-6,9H2,1-2H3,(H2,16,17). The molecule has 0 spiro atoms. The van der Waals surface area contributed by atoms with E-state index in [9.17, 15) is 0 Å². The van der Waals surface area contributed by atoms with Crippen LogP contribution in [0.5, 0.6) is 0 Å². The third kappa shape index (κ3) is 1.88. The lowest BCUT2D eigenvalue weighted by Crippen LogP contribution is -2.08. The number of imidazole rings is 1. The zero-order valence-electron chi connectivity index (χ0n) is 11.2. The summed E-state index contributed by atoms with van der Waals surface area (Å²) in [6.45, 7) is 5.37. The summed E-state index contributed by atoms with van der Waals surface area (Å²) in [5.41, 5.74) is 11.3. The Morgan fingerprint density at radius 1 is 1.22 bits per heavy atom. The van der Waals surface area contributed by atoms with Gasteiger partial charge < -0.3 is 10.3 Å². The molecule has 1 heterocycles. The number of hydrogen-bond donors (Lipinski definition) is 1. The van der Waals surface area contributed by atoms with Crippen molar-refractivity contribution in [1.82, 2.24) is 9.55 Å². The van der Waals surface area contributed by atoms with Crippen LogP contribution in [0.3, 0.4) is 0 Å². The zero-order chi connectivity index (χ0) is 12.7. The Kier molecular flexibility index (Phi) is 2.77. The third-order valence-corrected chi connectivity index (χ3v) is 3.79. The summed E-state index contributed by atoms with van der Waals surface area (Å²) in [6.07, 6.45) is 5.02. The van der Waals surface area contributed by atoms with Gasteiger partial charge in [-0.1, -0.05) is 13.8 Å². The molecule has 96 valence electrons. The van der Waals surface area contributed by atoms with Crippen LogP contribution in [0.25, 0.3) is 11.0 Å². The first-order chi connectivity index (χ1) is 8.65. The molecule has 0 amide bonds. The molecule has 3 heteroatoms. The highest BCUT2D eigenvalue weighted by Gasteiger charge is 2.15. The van der Waals surface area contributed by atoms with Crippen LogP contribution in [-0.2, 0) is 19.4 Å². The van der Waals surface area contributed by atoms with Crippen LogP contribution in [0.2, 0.25) is 0 Å². The first-order valence-corrected chi connectivity index (χ1v) is 6.92. The Hall–Kier alpha value is -1.51. The molecule has 3 nitrogen and oxygen atoms in total. The van der Waals surface area contributed by atoms with Crippen molar-refractivity contribution in [2.45, 2.75) is 46.1 Å². The Labute approximate surface area is 108 Å². The topological polar surface area (TPSA) is 43.8 Å². The molecule has 1 aromatic heterocycles. The Morgan fingerprint density at radius 2 is 1.89 bits per heavy atom. The van der Waals surface area contributed by atoms with Crippen LogP contribution >= 0.6 is 0 Å². The second-order valence-electron chi connectivity index (χ2n) is 5.79. The van der Waals surface area contributed by atoms with Crippen LogP contribution in [0, 0.1) is 5.92 Å². The number of nitrogens with zero attached hydrogens (tertiary/aromatic N) is 2. The molecular weight excluding hydrogens is 222 g/mol. The molecule has 1 aliphatic carbocycles. The lowest BCUT2D eigenvalue weighted by atomic mass is 9.91. The molecule has 0 radical (unpaired) electrons.